The summed E-state index contributed by atoms with van der Waals surface area (Å²) in [7, 11) is -3.74. The molecule has 8 nitrogen and oxygen atoms in total. The van der Waals surface area contributed by atoms with Gasteiger partial charge >= 0.3 is 0 Å². The van der Waals surface area contributed by atoms with Crippen LogP contribution >= 0.6 is 15.9 Å². The molecule has 0 aliphatic carbocycles. The molecule has 0 aliphatic heterocycles. The Morgan fingerprint density at radius 2 is 2.00 bits per heavy atom. The number of hydrogen-bond donors (Lipinski definition) is 1. The van der Waals surface area contributed by atoms with E-state index in [0.717, 1.165) is 20.6 Å². The zero-order chi connectivity index (χ0) is 21.7. The van der Waals surface area contributed by atoms with Gasteiger partial charge in [-0.3, -0.25) is 4.79 Å². The van der Waals surface area contributed by atoms with E-state index in [1.807, 2.05) is 24.3 Å². The van der Waals surface area contributed by atoms with E-state index in [4.69, 9.17) is 4.52 Å². The zero-order valence-electron chi connectivity index (χ0n) is 15.9. The Kier molecular flexibility index (Phi) is 6.95. The lowest BCUT2D eigenvalue weighted by atomic mass is 10.2. The summed E-state index contributed by atoms with van der Waals surface area (Å²) >= 11 is 3.36. The van der Waals surface area contributed by atoms with Crippen LogP contribution in [0.1, 0.15) is 11.5 Å². The molecular weight excluding hydrogens is 479 g/mol. The molecule has 0 unspecified atom stereocenters. The van der Waals surface area contributed by atoms with Crippen LogP contribution in [0.25, 0.3) is 11.4 Å². The smallest absolute Gasteiger partial charge is 0.246 e. The molecule has 3 rings (SSSR count). The average Bonchev–Trinajstić information content (AvgIpc) is 3.16. The van der Waals surface area contributed by atoms with E-state index in [-0.39, 0.29) is 24.5 Å². The maximum absolute atomic E-state index is 13.9. The molecule has 0 atom stereocenters. The van der Waals surface area contributed by atoms with Crippen molar-refractivity contribution in [1.82, 2.24) is 19.8 Å². The molecular formula is C19H18BrFN4O4S. The second kappa shape index (κ2) is 9.45. The van der Waals surface area contributed by atoms with E-state index in [1.54, 1.807) is 6.07 Å². The van der Waals surface area contributed by atoms with Gasteiger partial charge in [-0.25, -0.2) is 12.8 Å². The quantitative estimate of drug-likeness (QED) is 0.513. The van der Waals surface area contributed by atoms with Gasteiger partial charge in [0, 0.05) is 22.1 Å². The third kappa shape index (κ3) is 5.94. The van der Waals surface area contributed by atoms with Crippen molar-refractivity contribution in [3.8, 4) is 11.4 Å². The van der Waals surface area contributed by atoms with Gasteiger partial charge in [0.1, 0.15) is 5.82 Å². The Balaban J connectivity index is 1.62. The third-order valence-electron chi connectivity index (χ3n) is 4.08. The van der Waals surface area contributed by atoms with Gasteiger partial charge in [-0.2, -0.15) is 9.29 Å². The summed E-state index contributed by atoms with van der Waals surface area (Å²) in [5.41, 5.74) is 0.908. The first-order valence-corrected chi connectivity index (χ1v) is 11.4. The number of carbonyl (C=O) groups excluding carboxylic acids is 1. The summed E-state index contributed by atoms with van der Waals surface area (Å²) in [6.45, 7) is -0.802. The van der Waals surface area contributed by atoms with Crippen molar-refractivity contribution in [1.29, 1.82) is 0 Å². The van der Waals surface area contributed by atoms with Crippen LogP contribution in [0.3, 0.4) is 0 Å². The number of nitrogens with one attached hydrogen (secondary N) is 1. The van der Waals surface area contributed by atoms with Crippen molar-refractivity contribution < 1.29 is 22.1 Å². The minimum atomic E-state index is -3.74. The highest BCUT2D eigenvalue weighted by Gasteiger charge is 2.22. The van der Waals surface area contributed by atoms with Gasteiger partial charge in [0.15, 0.2) is 0 Å². The van der Waals surface area contributed by atoms with Crippen LogP contribution in [-0.4, -0.2) is 41.6 Å². The summed E-state index contributed by atoms with van der Waals surface area (Å²) in [6, 6.07) is 13.1. The van der Waals surface area contributed by atoms with Crippen LogP contribution in [-0.2, 0) is 27.9 Å². The number of aromatic nitrogens is 2. The summed E-state index contributed by atoms with van der Waals surface area (Å²) in [4.78, 5) is 16.5. The standard InChI is InChI=1S/C19H18BrFN4O4S/c1-30(27,28)25(11-14-5-2-3-8-16(14)21)12-17(26)22-10-18-23-19(24-29-18)13-6-4-7-15(20)9-13/h2-9H,10-12H2,1H3,(H,22,26). The topological polar surface area (TPSA) is 105 Å². The van der Waals surface area contributed by atoms with Crippen LogP contribution in [0.2, 0.25) is 0 Å². The molecule has 1 amide bonds. The highest BCUT2D eigenvalue weighted by atomic mass is 79.9. The van der Waals surface area contributed by atoms with Crippen molar-refractivity contribution in [2.24, 2.45) is 0 Å². The largest absolute Gasteiger partial charge is 0.346 e. The summed E-state index contributed by atoms with van der Waals surface area (Å²) in [5, 5.41) is 6.40. The maximum atomic E-state index is 13.9. The fourth-order valence-corrected chi connectivity index (χ4v) is 3.69. The van der Waals surface area contributed by atoms with E-state index in [9.17, 15) is 17.6 Å². The molecule has 3 aromatic rings. The van der Waals surface area contributed by atoms with E-state index >= 15 is 0 Å². The SMILES string of the molecule is CS(=O)(=O)N(CC(=O)NCc1nc(-c2cccc(Br)c2)no1)Cc1ccccc1F. The van der Waals surface area contributed by atoms with E-state index in [0.29, 0.717) is 5.82 Å². The normalized spacial score (nSPS) is 11.6. The van der Waals surface area contributed by atoms with Crippen LogP contribution in [0.5, 0.6) is 0 Å². The minimum Gasteiger partial charge on any atom is -0.346 e. The van der Waals surface area contributed by atoms with Crippen LogP contribution < -0.4 is 5.32 Å². The first kappa shape index (κ1) is 22.1. The van der Waals surface area contributed by atoms with Gasteiger partial charge in [0.05, 0.1) is 19.3 Å². The highest BCUT2D eigenvalue weighted by molar-refractivity contribution is 9.10. The Bertz CT molecular complexity index is 1150. The molecule has 30 heavy (non-hydrogen) atoms. The van der Waals surface area contributed by atoms with Gasteiger partial charge in [0.2, 0.25) is 27.6 Å². The van der Waals surface area contributed by atoms with E-state index < -0.39 is 28.3 Å². The monoisotopic (exact) mass is 496 g/mol. The van der Waals surface area contributed by atoms with Crippen LogP contribution in [0.4, 0.5) is 4.39 Å². The highest BCUT2D eigenvalue weighted by Crippen LogP contribution is 2.20. The van der Waals surface area contributed by atoms with Crippen LogP contribution in [0.15, 0.2) is 57.5 Å². The van der Waals surface area contributed by atoms with Gasteiger partial charge in [-0.1, -0.05) is 51.4 Å². The van der Waals surface area contributed by atoms with Crippen LogP contribution in [0, 0.1) is 5.82 Å². The molecule has 1 N–H and O–H groups in total. The third-order valence-corrected chi connectivity index (χ3v) is 5.77. The number of nitrogens with zero attached hydrogens (tertiary/aromatic N) is 3. The van der Waals surface area contributed by atoms with Gasteiger partial charge < -0.3 is 9.84 Å². The lowest BCUT2D eigenvalue weighted by molar-refractivity contribution is -0.121. The Morgan fingerprint density at radius 1 is 1.23 bits per heavy atom. The molecule has 0 bridgehead atoms. The zero-order valence-corrected chi connectivity index (χ0v) is 18.3. The Labute approximate surface area is 181 Å². The molecule has 2 aromatic carbocycles. The molecule has 158 valence electrons. The van der Waals surface area contributed by atoms with Crippen molar-refractivity contribution >= 4 is 31.9 Å². The van der Waals surface area contributed by atoms with Gasteiger partial charge in [-0.15, -0.1) is 0 Å². The van der Waals surface area contributed by atoms with Crippen molar-refractivity contribution in [2.75, 3.05) is 12.8 Å². The number of rotatable bonds is 8. The molecule has 0 saturated heterocycles. The van der Waals surface area contributed by atoms with Crippen molar-refractivity contribution in [3.05, 3.63) is 70.3 Å². The predicted octanol–water partition coefficient (Wildman–Crippen LogP) is 2.72. The molecule has 0 fully saturated rings. The fraction of sp³-hybridized carbons (Fsp3) is 0.211. The Morgan fingerprint density at radius 3 is 2.70 bits per heavy atom. The lowest BCUT2D eigenvalue weighted by Crippen LogP contribution is -2.39. The van der Waals surface area contributed by atoms with Gasteiger partial charge in [0.25, 0.3) is 0 Å². The van der Waals surface area contributed by atoms with E-state index in [1.165, 1.54) is 18.2 Å². The number of carbonyl (C=O) groups is 1. The number of amides is 1. The number of halogens is 2. The first-order valence-electron chi connectivity index (χ1n) is 8.76. The molecule has 0 saturated carbocycles. The van der Waals surface area contributed by atoms with Crippen molar-refractivity contribution in [2.45, 2.75) is 13.1 Å². The molecule has 1 heterocycles. The second-order valence-electron chi connectivity index (χ2n) is 6.42. The molecule has 11 heteroatoms. The lowest BCUT2D eigenvalue weighted by Gasteiger charge is -2.19. The number of sulfonamides is 1. The van der Waals surface area contributed by atoms with Gasteiger partial charge in [-0.05, 0) is 18.2 Å². The first-order chi connectivity index (χ1) is 14.2. The summed E-state index contributed by atoms with van der Waals surface area (Å²) < 4.78 is 44.8. The predicted molar refractivity (Wildman–Crippen MR) is 111 cm³/mol. The Hall–Kier alpha value is -2.63. The fourth-order valence-electron chi connectivity index (χ4n) is 2.57. The number of hydrogen-bond acceptors (Lipinski definition) is 6. The molecule has 1 aromatic heterocycles. The molecule has 0 spiro atoms. The molecule has 0 aliphatic rings. The maximum Gasteiger partial charge on any atom is 0.246 e. The molecule has 0 radical (unpaired) electrons. The summed E-state index contributed by atoms with van der Waals surface area (Å²) in [5.74, 6) is -0.604. The number of benzene rings is 2. The van der Waals surface area contributed by atoms with Crippen molar-refractivity contribution in [3.63, 3.8) is 0 Å². The average molecular weight is 497 g/mol. The second-order valence-corrected chi connectivity index (χ2v) is 9.32. The van der Waals surface area contributed by atoms with E-state index in [2.05, 4.69) is 31.4 Å². The minimum absolute atomic E-state index is 0.0723. The summed E-state index contributed by atoms with van der Waals surface area (Å²) in [6.07, 6.45) is 0.962.